The largest absolute Gasteiger partial charge is 0.463 e. The smallest absolute Gasteiger partial charge is 0.347 e. The number of amides is 1. The molecule has 4 rings (SSSR count). The summed E-state index contributed by atoms with van der Waals surface area (Å²) in [7, 11) is 0. The van der Waals surface area contributed by atoms with Gasteiger partial charge in [0.1, 0.15) is 6.04 Å². The van der Waals surface area contributed by atoms with Crippen molar-refractivity contribution in [2.24, 2.45) is 0 Å². The number of halogens is 1. The summed E-state index contributed by atoms with van der Waals surface area (Å²) in [6.45, 7) is 0.209. The van der Waals surface area contributed by atoms with Crippen LogP contribution >= 0.6 is 11.6 Å². The van der Waals surface area contributed by atoms with Gasteiger partial charge in [0.25, 0.3) is 5.91 Å². The molecule has 0 saturated carbocycles. The van der Waals surface area contributed by atoms with Gasteiger partial charge in [-0.2, -0.15) is 0 Å². The van der Waals surface area contributed by atoms with Gasteiger partial charge in [-0.05, 0) is 35.9 Å². The maximum atomic E-state index is 12.9. The second-order valence-corrected chi connectivity index (χ2v) is 7.41. The summed E-state index contributed by atoms with van der Waals surface area (Å²) < 4.78 is 10.2. The lowest BCUT2D eigenvalue weighted by atomic mass is 10.0. The summed E-state index contributed by atoms with van der Waals surface area (Å²) in [6.07, 6.45) is 1.35. The van der Waals surface area contributed by atoms with Crippen molar-refractivity contribution in [1.82, 2.24) is 10.3 Å². The topological polar surface area (TPSA) is 97.5 Å². The van der Waals surface area contributed by atoms with E-state index in [1.165, 1.54) is 0 Å². The fraction of sp³-hybridized carbons (Fsp3) is 0.227. The molecule has 1 aliphatic rings. The first-order chi connectivity index (χ1) is 14.5. The maximum absolute atomic E-state index is 12.9. The molecule has 0 unspecified atom stereocenters. The molecule has 0 radical (unpaired) electrons. The fourth-order valence-corrected chi connectivity index (χ4v) is 3.49. The van der Waals surface area contributed by atoms with Crippen LogP contribution in [0.1, 0.15) is 22.3 Å². The lowest BCUT2D eigenvalue weighted by Crippen LogP contribution is -2.45. The van der Waals surface area contributed by atoms with Crippen LogP contribution < -0.4 is 5.32 Å². The van der Waals surface area contributed by atoms with Crippen LogP contribution in [-0.2, 0) is 25.5 Å². The van der Waals surface area contributed by atoms with Gasteiger partial charge in [0.2, 0.25) is 6.10 Å². The number of esters is 2. The van der Waals surface area contributed by atoms with Gasteiger partial charge in [0, 0.05) is 40.5 Å². The molecular formula is C22H19ClN2O5. The third-order valence-electron chi connectivity index (χ3n) is 4.94. The molecule has 0 spiro atoms. The predicted molar refractivity (Wildman–Crippen MR) is 110 cm³/mol. The Morgan fingerprint density at radius 3 is 2.70 bits per heavy atom. The van der Waals surface area contributed by atoms with Crippen LogP contribution in [-0.4, -0.2) is 41.6 Å². The second kappa shape index (κ2) is 8.59. The summed E-state index contributed by atoms with van der Waals surface area (Å²) in [5, 5.41) is 4.16. The number of aromatic nitrogens is 1. The minimum absolute atomic E-state index is 0.198. The molecular weight excluding hydrogens is 408 g/mol. The van der Waals surface area contributed by atoms with Crippen molar-refractivity contribution in [1.29, 1.82) is 0 Å². The van der Waals surface area contributed by atoms with Crippen molar-refractivity contribution >= 4 is 40.3 Å². The molecule has 30 heavy (non-hydrogen) atoms. The number of carbonyl (C=O) groups is 3. The number of cyclic esters (lactones) is 1. The molecule has 1 saturated heterocycles. The van der Waals surface area contributed by atoms with E-state index in [9.17, 15) is 14.4 Å². The summed E-state index contributed by atoms with van der Waals surface area (Å²) >= 11 is 5.88. The Morgan fingerprint density at radius 2 is 1.97 bits per heavy atom. The highest BCUT2D eigenvalue weighted by Gasteiger charge is 2.33. The van der Waals surface area contributed by atoms with E-state index in [0.29, 0.717) is 17.0 Å². The molecule has 0 aliphatic carbocycles. The zero-order valence-electron chi connectivity index (χ0n) is 15.9. The normalized spacial score (nSPS) is 16.8. The quantitative estimate of drug-likeness (QED) is 0.590. The van der Waals surface area contributed by atoms with Crippen LogP contribution in [0.5, 0.6) is 0 Å². The number of para-hydroxylation sites is 1. The number of ether oxygens (including phenoxy) is 2. The highest BCUT2D eigenvalue weighted by Crippen LogP contribution is 2.20. The fourth-order valence-electron chi connectivity index (χ4n) is 3.36. The first-order valence-electron chi connectivity index (χ1n) is 9.50. The van der Waals surface area contributed by atoms with E-state index in [4.69, 9.17) is 21.1 Å². The van der Waals surface area contributed by atoms with E-state index in [1.54, 1.807) is 30.5 Å². The highest BCUT2D eigenvalue weighted by molar-refractivity contribution is 6.30. The average Bonchev–Trinajstić information content (AvgIpc) is 3.34. The molecule has 154 valence electrons. The summed E-state index contributed by atoms with van der Waals surface area (Å²) in [4.78, 5) is 40.4. The first-order valence-corrected chi connectivity index (χ1v) is 9.87. The van der Waals surface area contributed by atoms with E-state index >= 15 is 0 Å². The molecule has 1 aliphatic heterocycles. The Kier molecular flexibility index (Phi) is 5.72. The van der Waals surface area contributed by atoms with Crippen molar-refractivity contribution in [3.63, 3.8) is 0 Å². The van der Waals surface area contributed by atoms with Crippen LogP contribution in [0.3, 0.4) is 0 Å². The molecule has 2 heterocycles. The SMILES string of the molecule is O=C(N[C@H](Cc1c[nH]c2ccccc12)C(=O)O[C@@H]1CCOC1=O)c1ccc(Cl)cc1. The Bertz CT molecular complexity index is 1090. The Morgan fingerprint density at radius 1 is 1.20 bits per heavy atom. The minimum Gasteiger partial charge on any atom is -0.463 e. The molecule has 1 fully saturated rings. The van der Waals surface area contributed by atoms with E-state index < -0.39 is 30.0 Å². The van der Waals surface area contributed by atoms with Crippen molar-refractivity contribution in [2.75, 3.05) is 6.61 Å². The van der Waals surface area contributed by atoms with E-state index in [0.717, 1.165) is 16.5 Å². The maximum Gasteiger partial charge on any atom is 0.347 e. The van der Waals surface area contributed by atoms with Gasteiger partial charge in [0.15, 0.2) is 0 Å². The zero-order valence-corrected chi connectivity index (χ0v) is 16.6. The average molecular weight is 427 g/mol. The molecule has 2 N–H and O–H groups in total. The first kappa shape index (κ1) is 20.0. The predicted octanol–water partition coefficient (Wildman–Crippen LogP) is 3.02. The molecule has 2 atom stereocenters. The van der Waals surface area contributed by atoms with Crippen LogP contribution in [0.2, 0.25) is 5.02 Å². The Balaban J connectivity index is 1.56. The van der Waals surface area contributed by atoms with Crippen molar-refractivity contribution < 1.29 is 23.9 Å². The number of nitrogens with one attached hydrogen (secondary N) is 2. The lowest BCUT2D eigenvalue weighted by Gasteiger charge is -2.19. The highest BCUT2D eigenvalue weighted by atomic mass is 35.5. The van der Waals surface area contributed by atoms with Crippen LogP contribution in [0, 0.1) is 0 Å². The lowest BCUT2D eigenvalue weighted by molar-refractivity contribution is -0.161. The Labute approximate surface area is 177 Å². The van der Waals surface area contributed by atoms with Crippen molar-refractivity contribution in [2.45, 2.75) is 25.0 Å². The van der Waals surface area contributed by atoms with Crippen molar-refractivity contribution in [3.8, 4) is 0 Å². The molecule has 2 aromatic carbocycles. The number of carbonyl (C=O) groups excluding carboxylic acids is 3. The molecule has 3 aromatic rings. The third-order valence-corrected chi connectivity index (χ3v) is 5.19. The van der Waals surface area contributed by atoms with Gasteiger partial charge < -0.3 is 19.8 Å². The van der Waals surface area contributed by atoms with Gasteiger partial charge in [-0.25, -0.2) is 9.59 Å². The number of hydrogen-bond acceptors (Lipinski definition) is 5. The third kappa shape index (κ3) is 4.31. The number of benzene rings is 2. The van der Waals surface area contributed by atoms with Gasteiger partial charge in [-0.15, -0.1) is 0 Å². The number of aromatic amines is 1. The minimum atomic E-state index is -0.985. The van der Waals surface area contributed by atoms with Crippen LogP contribution in [0.25, 0.3) is 10.9 Å². The zero-order chi connectivity index (χ0) is 21.1. The summed E-state index contributed by atoms with van der Waals surface area (Å²) in [5.74, 6) is -1.70. The van der Waals surface area contributed by atoms with Crippen LogP contribution in [0.15, 0.2) is 54.7 Å². The van der Waals surface area contributed by atoms with E-state index in [-0.39, 0.29) is 13.0 Å². The number of H-pyrrole nitrogens is 1. The van der Waals surface area contributed by atoms with Gasteiger partial charge in [-0.1, -0.05) is 29.8 Å². The van der Waals surface area contributed by atoms with E-state index in [1.807, 2.05) is 24.3 Å². The standard InChI is InChI=1S/C22H19ClN2O5/c23-15-7-5-13(6-8-15)20(26)25-18(21(27)30-19-9-10-29-22(19)28)11-14-12-24-17-4-2-1-3-16(14)17/h1-8,12,18-19,24H,9-11H2,(H,25,26)/t18-,19-/m1/s1. The van der Waals surface area contributed by atoms with Crippen molar-refractivity contribution in [3.05, 3.63) is 70.9 Å². The second-order valence-electron chi connectivity index (χ2n) is 6.98. The molecule has 1 amide bonds. The summed E-state index contributed by atoms with van der Waals surface area (Å²) in [6, 6.07) is 13.0. The Hall–Kier alpha value is -3.32. The van der Waals surface area contributed by atoms with E-state index in [2.05, 4.69) is 10.3 Å². The van der Waals surface area contributed by atoms with Gasteiger partial charge in [0.05, 0.1) is 6.61 Å². The molecule has 0 bridgehead atoms. The van der Waals surface area contributed by atoms with Crippen LogP contribution in [0.4, 0.5) is 0 Å². The summed E-state index contributed by atoms with van der Waals surface area (Å²) in [5.41, 5.74) is 2.12. The van der Waals surface area contributed by atoms with Gasteiger partial charge >= 0.3 is 11.9 Å². The van der Waals surface area contributed by atoms with Gasteiger partial charge in [-0.3, -0.25) is 4.79 Å². The number of hydrogen-bond donors (Lipinski definition) is 2. The number of rotatable bonds is 6. The number of fused-ring (bicyclic) bond motifs is 1. The molecule has 7 nitrogen and oxygen atoms in total. The molecule has 1 aromatic heterocycles. The molecule has 8 heteroatoms. The monoisotopic (exact) mass is 426 g/mol.